The Kier molecular flexibility index (Phi) is 5.98. The highest BCUT2D eigenvalue weighted by atomic mass is 16.5. The molecule has 17 heavy (non-hydrogen) atoms. The van der Waals surface area contributed by atoms with Gasteiger partial charge in [0.1, 0.15) is 5.75 Å². The van der Waals surface area contributed by atoms with Gasteiger partial charge in [-0.15, -0.1) is 0 Å². The quantitative estimate of drug-likeness (QED) is 0.789. The van der Waals surface area contributed by atoms with Crippen molar-refractivity contribution in [3.63, 3.8) is 0 Å². The molecule has 0 fully saturated rings. The molecule has 0 bridgehead atoms. The van der Waals surface area contributed by atoms with E-state index in [1.807, 2.05) is 18.3 Å². The molecular formula is C14H24N2O. The van der Waals surface area contributed by atoms with Crippen molar-refractivity contribution < 1.29 is 4.74 Å². The van der Waals surface area contributed by atoms with E-state index in [4.69, 9.17) is 4.74 Å². The third-order valence-corrected chi connectivity index (χ3v) is 3.26. The van der Waals surface area contributed by atoms with Crippen LogP contribution >= 0.6 is 0 Å². The van der Waals surface area contributed by atoms with Gasteiger partial charge < -0.3 is 10.1 Å². The maximum absolute atomic E-state index is 5.41. The first kappa shape index (κ1) is 14.0. The minimum atomic E-state index is 0.283. The van der Waals surface area contributed by atoms with Crippen LogP contribution in [-0.4, -0.2) is 18.6 Å². The van der Waals surface area contributed by atoms with Gasteiger partial charge in [-0.05, 0) is 24.6 Å². The number of hydrogen-bond acceptors (Lipinski definition) is 3. The zero-order chi connectivity index (χ0) is 12.7. The Bertz CT molecular complexity index is 324. The lowest BCUT2D eigenvalue weighted by atomic mass is 9.91. The summed E-state index contributed by atoms with van der Waals surface area (Å²) in [5.41, 5.74) is 1.03. The molecule has 1 rings (SSSR count). The molecule has 1 heterocycles. The van der Waals surface area contributed by atoms with Crippen LogP contribution in [0.4, 0.5) is 0 Å². The van der Waals surface area contributed by atoms with Crippen molar-refractivity contribution in [2.24, 2.45) is 5.92 Å². The molecule has 0 aliphatic heterocycles. The van der Waals surface area contributed by atoms with Crippen LogP contribution < -0.4 is 10.1 Å². The molecule has 1 N–H and O–H groups in total. The fourth-order valence-electron chi connectivity index (χ4n) is 2.28. The lowest BCUT2D eigenvalue weighted by Crippen LogP contribution is -2.29. The second-order valence-electron chi connectivity index (χ2n) is 4.20. The van der Waals surface area contributed by atoms with Gasteiger partial charge in [-0.1, -0.05) is 33.6 Å². The highest BCUT2D eigenvalue weighted by Gasteiger charge is 2.23. The summed E-state index contributed by atoms with van der Waals surface area (Å²) in [5.74, 6) is 1.48. The first-order chi connectivity index (χ1) is 8.28. The lowest BCUT2D eigenvalue weighted by Gasteiger charge is -2.26. The predicted molar refractivity (Wildman–Crippen MR) is 71.3 cm³/mol. The first-order valence-corrected chi connectivity index (χ1v) is 6.50. The summed E-state index contributed by atoms with van der Waals surface area (Å²) in [6, 6.07) is 4.18. The largest absolute Gasteiger partial charge is 0.495 e. The Balaban J connectivity index is 3.03. The van der Waals surface area contributed by atoms with Crippen molar-refractivity contribution in [3.05, 3.63) is 24.0 Å². The molecule has 0 saturated heterocycles. The fourth-order valence-corrected chi connectivity index (χ4v) is 2.28. The van der Waals surface area contributed by atoms with Crippen molar-refractivity contribution in [1.82, 2.24) is 10.3 Å². The van der Waals surface area contributed by atoms with Gasteiger partial charge in [0, 0.05) is 6.20 Å². The second kappa shape index (κ2) is 7.28. The van der Waals surface area contributed by atoms with E-state index in [1.165, 1.54) is 0 Å². The number of aromatic nitrogens is 1. The predicted octanol–water partition coefficient (Wildman–Crippen LogP) is 3.18. The van der Waals surface area contributed by atoms with E-state index in [2.05, 4.69) is 31.1 Å². The molecular weight excluding hydrogens is 212 g/mol. The van der Waals surface area contributed by atoms with Crippen LogP contribution in [0, 0.1) is 5.92 Å². The molecule has 3 nitrogen and oxygen atoms in total. The van der Waals surface area contributed by atoms with Crippen molar-refractivity contribution in [2.75, 3.05) is 13.7 Å². The Morgan fingerprint density at radius 1 is 1.29 bits per heavy atom. The Morgan fingerprint density at radius 2 is 2.00 bits per heavy atom. The van der Waals surface area contributed by atoms with E-state index in [1.54, 1.807) is 7.11 Å². The number of pyridine rings is 1. The average Bonchev–Trinajstić information content (AvgIpc) is 2.39. The van der Waals surface area contributed by atoms with Gasteiger partial charge in [0.25, 0.3) is 0 Å². The normalized spacial score (nSPS) is 12.8. The van der Waals surface area contributed by atoms with Crippen molar-refractivity contribution in [1.29, 1.82) is 0 Å². The molecule has 1 aromatic rings. The van der Waals surface area contributed by atoms with Crippen LogP contribution in [0.3, 0.4) is 0 Å². The van der Waals surface area contributed by atoms with Crippen molar-refractivity contribution >= 4 is 0 Å². The Labute approximate surface area is 105 Å². The van der Waals surface area contributed by atoms with Crippen molar-refractivity contribution in [3.8, 4) is 5.75 Å². The van der Waals surface area contributed by atoms with Crippen LogP contribution in [0.15, 0.2) is 18.3 Å². The maximum atomic E-state index is 5.41. The molecule has 1 atom stereocenters. The molecule has 0 saturated carbocycles. The van der Waals surface area contributed by atoms with Gasteiger partial charge in [-0.25, -0.2) is 0 Å². The summed E-state index contributed by atoms with van der Waals surface area (Å²) < 4.78 is 5.41. The van der Waals surface area contributed by atoms with Crippen molar-refractivity contribution in [2.45, 2.75) is 39.7 Å². The first-order valence-electron chi connectivity index (χ1n) is 6.50. The molecule has 1 aromatic heterocycles. The zero-order valence-corrected chi connectivity index (χ0v) is 11.4. The van der Waals surface area contributed by atoms with E-state index in [0.717, 1.165) is 30.8 Å². The standard InChI is InChI=1S/C14H24N2O/c1-5-11(6-2)13(15-7-3)14-12(17-4)9-8-10-16-14/h8-11,13,15H,5-7H2,1-4H3. The van der Waals surface area contributed by atoms with E-state index in [-0.39, 0.29) is 6.04 Å². The fraction of sp³-hybridized carbons (Fsp3) is 0.643. The molecule has 0 aliphatic rings. The Morgan fingerprint density at radius 3 is 2.53 bits per heavy atom. The van der Waals surface area contributed by atoms with E-state index in [9.17, 15) is 0 Å². The number of ether oxygens (including phenoxy) is 1. The summed E-state index contributed by atoms with van der Waals surface area (Å²) in [4.78, 5) is 4.50. The van der Waals surface area contributed by atoms with Crippen LogP contribution in [0.1, 0.15) is 45.3 Å². The number of hydrogen-bond donors (Lipinski definition) is 1. The minimum absolute atomic E-state index is 0.283. The van der Waals surface area contributed by atoms with Gasteiger partial charge in [-0.2, -0.15) is 0 Å². The van der Waals surface area contributed by atoms with E-state index in [0.29, 0.717) is 5.92 Å². The molecule has 0 aliphatic carbocycles. The van der Waals surface area contributed by atoms with Crippen LogP contribution in [0.5, 0.6) is 5.75 Å². The molecule has 0 amide bonds. The molecule has 3 heteroatoms. The number of rotatable bonds is 7. The maximum Gasteiger partial charge on any atom is 0.141 e. The smallest absolute Gasteiger partial charge is 0.141 e. The SMILES string of the molecule is CCNC(c1ncccc1OC)C(CC)CC. The zero-order valence-electron chi connectivity index (χ0n) is 11.4. The molecule has 0 spiro atoms. The summed E-state index contributed by atoms with van der Waals surface area (Å²) >= 11 is 0. The second-order valence-corrected chi connectivity index (χ2v) is 4.20. The van der Waals surface area contributed by atoms with Gasteiger partial charge >= 0.3 is 0 Å². The molecule has 96 valence electrons. The Hall–Kier alpha value is -1.09. The molecule has 0 aromatic carbocycles. The van der Waals surface area contributed by atoms with E-state index < -0.39 is 0 Å². The van der Waals surface area contributed by atoms with Gasteiger partial charge in [0.2, 0.25) is 0 Å². The highest BCUT2D eigenvalue weighted by Crippen LogP contribution is 2.31. The summed E-state index contributed by atoms with van der Waals surface area (Å²) in [7, 11) is 1.70. The topological polar surface area (TPSA) is 34.2 Å². The average molecular weight is 236 g/mol. The van der Waals surface area contributed by atoms with Gasteiger partial charge in [0.15, 0.2) is 0 Å². The summed E-state index contributed by atoms with van der Waals surface area (Å²) in [5, 5.41) is 3.53. The number of methoxy groups -OCH3 is 1. The summed E-state index contributed by atoms with van der Waals surface area (Å²) in [6.07, 6.45) is 4.13. The van der Waals surface area contributed by atoms with E-state index >= 15 is 0 Å². The molecule has 1 unspecified atom stereocenters. The van der Waals surface area contributed by atoms with Crippen LogP contribution in [0.25, 0.3) is 0 Å². The lowest BCUT2D eigenvalue weighted by molar-refractivity contribution is 0.322. The third kappa shape index (κ3) is 3.43. The highest BCUT2D eigenvalue weighted by molar-refractivity contribution is 5.30. The number of nitrogens with zero attached hydrogens (tertiary/aromatic N) is 1. The summed E-state index contributed by atoms with van der Waals surface area (Å²) in [6.45, 7) is 7.54. The molecule has 0 radical (unpaired) electrons. The number of nitrogens with one attached hydrogen (secondary N) is 1. The van der Waals surface area contributed by atoms with Crippen LogP contribution in [0.2, 0.25) is 0 Å². The minimum Gasteiger partial charge on any atom is -0.495 e. The van der Waals surface area contributed by atoms with Crippen LogP contribution in [-0.2, 0) is 0 Å². The third-order valence-electron chi connectivity index (χ3n) is 3.26. The van der Waals surface area contributed by atoms with Gasteiger partial charge in [0.05, 0.1) is 18.8 Å². The van der Waals surface area contributed by atoms with Gasteiger partial charge in [-0.3, -0.25) is 4.98 Å². The monoisotopic (exact) mass is 236 g/mol.